The Balaban J connectivity index is 3.06. The largest absolute Gasteiger partial charge is 0.398 e. The summed E-state index contributed by atoms with van der Waals surface area (Å²) in [4.78, 5) is 21.6. The standard InChI is InChI=1S/C13H18N2O4/c1-4-9-6-11(12(14)7-10(9)5-2)13(16)19-8(3)15(17)18/h6-8H,4-5,14H2,1-3H3. The molecular weight excluding hydrogens is 248 g/mol. The zero-order valence-electron chi connectivity index (χ0n) is 11.3. The van der Waals surface area contributed by atoms with Crippen molar-refractivity contribution in [2.45, 2.75) is 39.8 Å². The van der Waals surface area contributed by atoms with Gasteiger partial charge in [0.15, 0.2) is 0 Å². The number of carbonyl (C=O) groups is 1. The van der Waals surface area contributed by atoms with Gasteiger partial charge < -0.3 is 10.5 Å². The van der Waals surface area contributed by atoms with E-state index in [2.05, 4.69) is 0 Å². The van der Waals surface area contributed by atoms with Gasteiger partial charge >= 0.3 is 12.2 Å². The summed E-state index contributed by atoms with van der Waals surface area (Å²) in [7, 11) is 0. The molecule has 0 saturated heterocycles. The van der Waals surface area contributed by atoms with E-state index in [1.807, 2.05) is 13.8 Å². The number of anilines is 1. The topological polar surface area (TPSA) is 95.5 Å². The third-order valence-corrected chi connectivity index (χ3v) is 2.93. The molecule has 6 nitrogen and oxygen atoms in total. The van der Waals surface area contributed by atoms with E-state index < -0.39 is 17.1 Å². The molecule has 19 heavy (non-hydrogen) atoms. The molecule has 1 rings (SSSR count). The normalized spacial score (nSPS) is 11.9. The Labute approximate surface area is 111 Å². The molecule has 0 radical (unpaired) electrons. The fourth-order valence-electron chi connectivity index (χ4n) is 1.80. The number of hydrogen-bond donors (Lipinski definition) is 1. The second-order valence-corrected chi connectivity index (χ2v) is 4.21. The first kappa shape index (κ1) is 14.9. The second-order valence-electron chi connectivity index (χ2n) is 4.21. The van der Waals surface area contributed by atoms with E-state index in [-0.39, 0.29) is 11.3 Å². The van der Waals surface area contributed by atoms with Gasteiger partial charge in [-0.3, -0.25) is 10.1 Å². The van der Waals surface area contributed by atoms with Crippen LogP contribution in [0.4, 0.5) is 5.69 Å². The molecule has 104 valence electrons. The first-order chi connectivity index (χ1) is 8.90. The molecule has 1 aromatic carbocycles. The summed E-state index contributed by atoms with van der Waals surface area (Å²) in [5.74, 6) is -0.765. The number of esters is 1. The van der Waals surface area contributed by atoms with Gasteiger partial charge in [0.1, 0.15) is 0 Å². The highest BCUT2D eigenvalue weighted by atomic mass is 16.7. The molecule has 0 amide bonds. The van der Waals surface area contributed by atoms with Gasteiger partial charge in [-0.25, -0.2) is 4.79 Å². The molecule has 0 fully saturated rings. The van der Waals surface area contributed by atoms with Crippen molar-refractivity contribution in [3.05, 3.63) is 38.9 Å². The van der Waals surface area contributed by atoms with E-state index in [9.17, 15) is 14.9 Å². The van der Waals surface area contributed by atoms with Gasteiger partial charge in [0.2, 0.25) is 0 Å². The molecule has 0 saturated carbocycles. The molecule has 2 N–H and O–H groups in total. The summed E-state index contributed by atoms with van der Waals surface area (Å²) < 4.78 is 4.73. The number of rotatable bonds is 5. The summed E-state index contributed by atoms with van der Waals surface area (Å²) >= 11 is 0. The van der Waals surface area contributed by atoms with E-state index >= 15 is 0 Å². The maximum Gasteiger partial charge on any atom is 0.353 e. The third kappa shape index (κ3) is 3.43. The molecule has 0 aliphatic carbocycles. The average Bonchev–Trinajstić information content (AvgIpc) is 2.37. The number of nitrogen functional groups attached to an aromatic ring is 1. The highest BCUT2D eigenvalue weighted by Gasteiger charge is 2.21. The maximum atomic E-state index is 11.8. The Hall–Kier alpha value is -2.11. The number of benzene rings is 1. The van der Waals surface area contributed by atoms with E-state index in [0.717, 1.165) is 24.0 Å². The van der Waals surface area contributed by atoms with Crippen molar-refractivity contribution in [2.24, 2.45) is 0 Å². The number of hydrogen-bond acceptors (Lipinski definition) is 5. The predicted octanol–water partition coefficient (Wildman–Crippen LogP) is 2.17. The van der Waals surface area contributed by atoms with Crippen LogP contribution in [0.25, 0.3) is 0 Å². The summed E-state index contributed by atoms with van der Waals surface area (Å²) in [5.41, 5.74) is 8.34. The lowest BCUT2D eigenvalue weighted by molar-refractivity contribution is -0.561. The van der Waals surface area contributed by atoms with Gasteiger partial charge in [-0.15, -0.1) is 0 Å². The van der Waals surface area contributed by atoms with Crippen molar-refractivity contribution in [1.82, 2.24) is 0 Å². The van der Waals surface area contributed by atoms with Gasteiger partial charge in [0, 0.05) is 12.6 Å². The predicted molar refractivity (Wildman–Crippen MR) is 71.5 cm³/mol. The molecule has 0 aliphatic heterocycles. The van der Waals surface area contributed by atoms with Crippen LogP contribution in [0.2, 0.25) is 0 Å². The molecule has 1 atom stereocenters. The van der Waals surface area contributed by atoms with Crippen molar-refractivity contribution in [1.29, 1.82) is 0 Å². The summed E-state index contributed by atoms with van der Waals surface area (Å²) in [5, 5.41) is 10.5. The zero-order valence-corrected chi connectivity index (χ0v) is 11.3. The number of ether oxygens (including phenoxy) is 1. The number of nitrogens with two attached hydrogens (primary N) is 1. The highest BCUT2D eigenvalue weighted by molar-refractivity contribution is 5.95. The minimum Gasteiger partial charge on any atom is -0.398 e. The SMILES string of the molecule is CCc1cc(N)c(C(=O)OC(C)[N+](=O)[O-])cc1CC. The monoisotopic (exact) mass is 266 g/mol. The van der Waals surface area contributed by atoms with Gasteiger partial charge in [-0.05, 0) is 36.1 Å². The minimum atomic E-state index is -1.39. The lowest BCUT2D eigenvalue weighted by Gasteiger charge is -2.12. The van der Waals surface area contributed by atoms with Crippen molar-refractivity contribution in [2.75, 3.05) is 5.73 Å². The van der Waals surface area contributed by atoms with Gasteiger partial charge in [-0.1, -0.05) is 13.8 Å². The van der Waals surface area contributed by atoms with Crippen LogP contribution in [-0.2, 0) is 17.6 Å². The number of nitro groups is 1. The Bertz CT molecular complexity index is 500. The first-order valence-electron chi connectivity index (χ1n) is 6.16. The van der Waals surface area contributed by atoms with Crippen LogP contribution < -0.4 is 5.73 Å². The minimum absolute atomic E-state index is 0.183. The molecule has 1 aromatic rings. The van der Waals surface area contributed by atoms with Crippen molar-refractivity contribution in [3.63, 3.8) is 0 Å². The fourth-order valence-corrected chi connectivity index (χ4v) is 1.80. The Kier molecular flexibility index (Phi) is 4.86. The Morgan fingerprint density at radius 1 is 1.37 bits per heavy atom. The highest BCUT2D eigenvalue weighted by Crippen LogP contribution is 2.21. The summed E-state index contributed by atoms with van der Waals surface area (Å²) in [6, 6.07) is 3.38. The van der Waals surface area contributed by atoms with Crippen LogP contribution in [-0.4, -0.2) is 17.1 Å². The van der Waals surface area contributed by atoms with Crippen LogP contribution in [0.3, 0.4) is 0 Å². The van der Waals surface area contributed by atoms with E-state index in [1.165, 1.54) is 6.92 Å². The van der Waals surface area contributed by atoms with Crippen LogP contribution in [0.15, 0.2) is 12.1 Å². The van der Waals surface area contributed by atoms with Crippen LogP contribution in [0.5, 0.6) is 0 Å². The number of carbonyl (C=O) groups excluding carboxylic acids is 1. The second kappa shape index (κ2) is 6.17. The summed E-state index contributed by atoms with van der Waals surface area (Å²) in [6.45, 7) is 5.18. The molecular formula is C13H18N2O4. The van der Waals surface area contributed by atoms with Crippen molar-refractivity contribution < 1.29 is 14.5 Å². The Morgan fingerprint density at radius 2 is 1.89 bits per heavy atom. The van der Waals surface area contributed by atoms with Crippen molar-refractivity contribution in [3.8, 4) is 0 Å². The smallest absolute Gasteiger partial charge is 0.353 e. The lowest BCUT2D eigenvalue weighted by atomic mass is 9.98. The molecule has 0 aliphatic rings. The first-order valence-corrected chi connectivity index (χ1v) is 6.16. The van der Waals surface area contributed by atoms with Gasteiger partial charge in [0.25, 0.3) is 0 Å². The molecule has 0 spiro atoms. The Morgan fingerprint density at radius 3 is 2.37 bits per heavy atom. The van der Waals surface area contributed by atoms with Gasteiger partial charge in [0.05, 0.1) is 10.5 Å². The third-order valence-electron chi connectivity index (χ3n) is 2.93. The molecule has 6 heteroatoms. The molecule has 1 unspecified atom stereocenters. The zero-order chi connectivity index (χ0) is 14.6. The van der Waals surface area contributed by atoms with E-state index in [1.54, 1.807) is 12.1 Å². The van der Waals surface area contributed by atoms with E-state index in [0.29, 0.717) is 0 Å². The molecule has 0 heterocycles. The van der Waals surface area contributed by atoms with Crippen LogP contribution >= 0.6 is 0 Å². The number of aryl methyl sites for hydroxylation is 2. The molecule has 0 aromatic heterocycles. The summed E-state index contributed by atoms with van der Waals surface area (Å²) in [6.07, 6.45) is 0.186. The lowest BCUT2D eigenvalue weighted by Crippen LogP contribution is -2.23. The quantitative estimate of drug-likeness (QED) is 0.290. The van der Waals surface area contributed by atoms with Crippen LogP contribution in [0, 0.1) is 10.1 Å². The van der Waals surface area contributed by atoms with Gasteiger partial charge in [-0.2, -0.15) is 0 Å². The average molecular weight is 266 g/mol. The number of nitrogens with zero attached hydrogens (tertiary/aromatic N) is 1. The fraction of sp³-hybridized carbons (Fsp3) is 0.462. The van der Waals surface area contributed by atoms with E-state index in [4.69, 9.17) is 10.5 Å². The molecule has 0 bridgehead atoms. The maximum absolute atomic E-state index is 11.8. The van der Waals surface area contributed by atoms with Crippen LogP contribution in [0.1, 0.15) is 42.3 Å². The van der Waals surface area contributed by atoms with Crippen molar-refractivity contribution >= 4 is 11.7 Å².